The molecule has 0 bridgehead atoms. The third kappa shape index (κ3) is 4.65. The van der Waals surface area contributed by atoms with Crippen molar-refractivity contribution >= 4 is 60.4 Å². The average Bonchev–Trinajstić information content (AvgIpc) is 3.17. The summed E-state index contributed by atoms with van der Waals surface area (Å²) in [6.45, 7) is 0. The van der Waals surface area contributed by atoms with Crippen LogP contribution < -0.4 is 5.01 Å². The molecule has 0 aliphatic carbocycles. The topological polar surface area (TPSA) is 88.7 Å². The number of amides is 1. The first-order chi connectivity index (χ1) is 14.9. The van der Waals surface area contributed by atoms with Crippen molar-refractivity contribution in [2.75, 3.05) is 5.01 Å². The summed E-state index contributed by atoms with van der Waals surface area (Å²) < 4.78 is 14.9. The van der Waals surface area contributed by atoms with Crippen LogP contribution in [-0.4, -0.2) is 22.0 Å². The van der Waals surface area contributed by atoms with E-state index in [0.29, 0.717) is 16.2 Å². The fourth-order valence-corrected chi connectivity index (χ4v) is 4.16. The standard InChI is InChI=1S/C21H12BrFN4O3S/c22-15-5-10-18-19(11-15)31-21(25-18)26(24-12-13-1-6-16(23)7-2-13)20(28)14-3-8-17(9-4-14)27(29)30/h1-12H/b24-12+. The van der Waals surface area contributed by atoms with Crippen molar-refractivity contribution in [3.63, 3.8) is 0 Å². The summed E-state index contributed by atoms with van der Waals surface area (Å²) in [5, 5.41) is 16.6. The maximum atomic E-state index is 13.2. The van der Waals surface area contributed by atoms with Crippen LogP contribution >= 0.6 is 27.3 Å². The number of aromatic nitrogens is 1. The van der Waals surface area contributed by atoms with E-state index in [1.165, 1.54) is 66.1 Å². The molecule has 0 aliphatic heterocycles. The molecule has 0 saturated heterocycles. The molecule has 0 saturated carbocycles. The molecule has 0 spiro atoms. The number of hydrogen-bond donors (Lipinski definition) is 0. The molecule has 4 aromatic rings. The summed E-state index contributed by atoms with van der Waals surface area (Å²) in [6.07, 6.45) is 1.42. The van der Waals surface area contributed by atoms with E-state index in [9.17, 15) is 19.3 Å². The second-order valence-electron chi connectivity index (χ2n) is 6.33. The molecule has 31 heavy (non-hydrogen) atoms. The van der Waals surface area contributed by atoms with Gasteiger partial charge in [0.05, 0.1) is 21.4 Å². The molecule has 3 aromatic carbocycles. The molecule has 7 nitrogen and oxygen atoms in total. The van der Waals surface area contributed by atoms with Crippen molar-refractivity contribution in [1.29, 1.82) is 0 Å². The minimum Gasteiger partial charge on any atom is -0.267 e. The molecule has 0 atom stereocenters. The first-order valence-electron chi connectivity index (χ1n) is 8.85. The number of carbonyl (C=O) groups excluding carboxylic acids is 1. The van der Waals surface area contributed by atoms with Crippen LogP contribution in [0, 0.1) is 15.9 Å². The normalized spacial score (nSPS) is 11.2. The van der Waals surface area contributed by atoms with Crippen LogP contribution in [0.1, 0.15) is 15.9 Å². The summed E-state index contributed by atoms with van der Waals surface area (Å²) in [5.41, 5.74) is 1.37. The van der Waals surface area contributed by atoms with Gasteiger partial charge < -0.3 is 0 Å². The summed E-state index contributed by atoms with van der Waals surface area (Å²) in [4.78, 5) is 28.0. The predicted molar refractivity (Wildman–Crippen MR) is 121 cm³/mol. The largest absolute Gasteiger partial charge is 0.280 e. The van der Waals surface area contributed by atoms with E-state index in [1.807, 2.05) is 18.2 Å². The molecule has 1 aromatic heterocycles. The number of non-ortho nitro benzene ring substituents is 1. The van der Waals surface area contributed by atoms with Crippen LogP contribution in [0.2, 0.25) is 0 Å². The fourth-order valence-electron chi connectivity index (χ4n) is 2.69. The van der Waals surface area contributed by atoms with E-state index in [4.69, 9.17) is 0 Å². The highest BCUT2D eigenvalue weighted by Crippen LogP contribution is 2.32. The van der Waals surface area contributed by atoms with E-state index in [0.717, 1.165) is 14.2 Å². The fraction of sp³-hybridized carbons (Fsp3) is 0. The Morgan fingerprint density at radius 1 is 1.13 bits per heavy atom. The molecule has 0 radical (unpaired) electrons. The number of nitro groups is 1. The number of hydrazone groups is 1. The van der Waals surface area contributed by atoms with E-state index >= 15 is 0 Å². The number of benzene rings is 3. The van der Waals surface area contributed by atoms with Crippen molar-refractivity contribution in [3.05, 3.63) is 98.3 Å². The van der Waals surface area contributed by atoms with E-state index in [-0.39, 0.29) is 17.1 Å². The molecule has 4 rings (SSSR count). The van der Waals surface area contributed by atoms with Gasteiger partial charge in [-0.25, -0.2) is 9.37 Å². The van der Waals surface area contributed by atoms with E-state index in [1.54, 1.807) is 0 Å². The van der Waals surface area contributed by atoms with Crippen LogP contribution in [0.3, 0.4) is 0 Å². The second-order valence-corrected chi connectivity index (χ2v) is 8.25. The lowest BCUT2D eigenvalue weighted by molar-refractivity contribution is -0.384. The molecule has 154 valence electrons. The number of fused-ring (bicyclic) bond motifs is 1. The highest BCUT2D eigenvalue weighted by atomic mass is 79.9. The van der Waals surface area contributed by atoms with Gasteiger partial charge in [-0.2, -0.15) is 10.1 Å². The van der Waals surface area contributed by atoms with Gasteiger partial charge in [0.15, 0.2) is 0 Å². The van der Waals surface area contributed by atoms with E-state index in [2.05, 4.69) is 26.0 Å². The Balaban J connectivity index is 1.74. The molecule has 0 fully saturated rings. The number of anilines is 1. The predicted octanol–water partition coefficient (Wildman–Crippen LogP) is 5.79. The third-order valence-corrected chi connectivity index (χ3v) is 5.72. The lowest BCUT2D eigenvalue weighted by Gasteiger charge is -2.13. The highest BCUT2D eigenvalue weighted by molar-refractivity contribution is 9.10. The molecule has 10 heteroatoms. The van der Waals surface area contributed by atoms with E-state index < -0.39 is 10.8 Å². The summed E-state index contributed by atoms with van der Waals surface area (Å²) in [5.74, 6) is -0.890. The van der Waals surface area contributed by atoms with Crippen LogP contribution in [0.25, 0.3) is 10.2 Å². The summed E-state index contributed by atoms with van der Waals surface area (Å²) in [7, 11) is 0. The highest BCUT2D eigenvalue weighted by Gasteiger charge is 2.22. The Labute approximate surface area is 187 Å². The number of nitrogens with zero attached hydrogens (tertiary/aromatic N) is 4. The number of nitro benzene ring substituents is 1. The van der Waals surface area contributed by atoms with Gasteiger partial charge in [-0.3, -0.25) is 14.9 Å². The number of hydrogen-bond acceptors (Lipinski definition) is 6. The molecule has 1 heterocycles. The quantitative estimate of drug-likeness (QED) is 0.198. The molecular formula is C21H12BrFN4O3S. The maximum Gasteiger partial charge on any atom is 0.280 e. The maximum absolute atomic E-state index is 13.2. The summed E-state index contributed by atoms with van der Waals surface area (Å²) >= 11 is 4.68. The van der Waals surface area contributed by atoms with Gasteiger partial charge >= 0.3 is 0 Å². The number of halogens is 2. The van der Waals surface area contributed by atoms with Crippen molar-refractivity contribution in [2.45, 2.75) is 0 Å². The van der Waals surface area contributed by atoms with Gasteiger partial charge in [0, 0.05) is 22.2 Å². The number of carbonyl (C=O) groups is 1. The van der Waals surface area contributed by atoms with Crippen LogP contribution in [0.4, 0.5) is 15.2 Å². The van der Waals surface area contributed by atoms with Gasteiger partial charge in [0.1, 0.15) is 5.82 Å². The van der Waals surface area contributed by atoms with Gasteiger partial charge in [-0.05, 0) is 48.0 Å². The smallest absolute Gasteiger partial charge is 0.267 e. The zero-order valence-electron chi connectivity index (χ0n) is 15.6. The Morgan fingerprint density at radius 3 is 2.52 bits per heavy atom. The molecule has 0 unspecified atom stereocenters. The van der Waals surface area contributed by atoms with Gasteiger partial charge in [0.25, 0.3) is 11.6 Å². The lowest BCUT2D eigenvalue weighted by Crippen LogP contribution is -2.25. The second kappa shape index (κ2) is 8.70. The third-order valence-electron chi connectivity index (χ3n) is 4.23. The first-order valence-corrected chi connectivity index (χ1v) is 10.5. The summed E-state index contributed by atoms with van der Waals surface area (Å²) in [6, 6.07) is 16.4. The Morgan fingerprint density at radius 2 is 1.84 bits per heavy atom. The van der Waals surface area contributed by atoms with Crippen molar-refractivity contribution in [2.24, 2.45) is 5.10 Å². The first kappa shape index (κ1) is 20.8. The Bertz CT molecular complexity index is 1310. The monoisotopic (exact) mass is 498 g/mol. The van der Waals surface area contributed by atoms with Crippen LogP contribution in [-0.2, 0) is 0 Å². The average molecular weight is 499 g/mol. The Hall–Kier alpha value is -3.50. The Kier molecular flexibility index (Phi) is 5.83. The SMILES string of the molecule is O=C(c1ccc([N+](=O)[O-])cc1)N(/N=C/c1ccc(F)cc1)c1nc2ccc(Br)cc2s1. The zero-order chi connectivity index (χ0) is 22.0. The van der Waals surface area contributed by atoms with Gasteiger partial charge in [-0.1, -0.05) is 39.4 Å². The number of rotatable bonds is 5. The van der Waals surface area contributed by atoms with Crippen molar-refractivity contribution < 1.29 is 14.1 Å². The van der Waals surface area contributed by atoms with Crippen molar-refractivity contribution in [1.82, 2.24) is 4.98 Å². The minimum absolute atomic E-state index is 0.122. The molecular weight excluding hydrogens is 487 g/mol. The molecule has 1 amide bonds. The molecule has 0 N–H and O–H groups in total. The van der Waals surface area contributed by atoms with Gasteiger partial charge in [-0.15, -0.1) is 0 Å². The zero-order valence-corrected chi connectivity index (χ0v) is 18.0. The number of thiazole rings is 1. The van der Waals surface area contributed by atoms with Crippen LogP contribution in [0.5, 0.6) is 0 Å². The lowest BCUT2D eigenvalue weighted by atomic mass is 10.2. The van der Waals surface area contributed by atoms with Crippen molar-refractivity contribution in [3.8, 4) is 0 Å². The van der Waals surface area contributed by atoms with Gasteiger partial charge in [0.2, 0.25) is 5.13 Å². The molecule has 0 aliphatic rings. The minimum atomic E-state index is -0.538. The van der Waals surface area contributed by atoms with Crippen LogP contribution in [0.15, 0.2) is 76.3 Å².